The van der Waals surface area contributed by atoms with E-state index >= 15 is 0 Å². The summed E-state index contributed by atoms with van der Waals surface area (Å²) in [7, 11) is 0. The molecule has 3 aliphatic carbocycles. The average Bonchev–Trinajstić information content (AvgIpc) is 3.34. The zero-order valence-electron chi connectivity index (χ0n) is 18.2. The maximum absolute atomic E-state index is 12.6. The van der Waals surface area contributed by atoms with Crippen molar-refractivity contribution in [2.75, 3.05) is 6.79 Å². The average molecular weight is 410 g/mol. The van der Waals surface area contributed by atoms with Crippen molar-refractivity contribution in [3.63, 3.8) is 0 Å². The molecule has 5 nitrogen and oxygen atoms in total. The topological polar surface area (TPSA) is 57.1 Å². The van der Waals surface area contributed by atoms with Crippen molar-refractivity contribution in [1.29, 1.82) is 0 Å². The van der Waals surface area contributed by atoms with Crippen LogP contribution in [0.3, 0.4) is 0 Å². The Labute approximate surface area is 178 Å². The Kier molecular flexibility index (Phi) is 4.68. The molecule has 0 spiro atoms. The van der Waals surface area contributed by atoms with E-state index < -0.39 is 0 Å². The minimum Gasteiger partial charge on any atom is -0.454 e. The van der Waals surface area contributed by atoms with Crippen molar-refractivity contribution in [1.82, 2.24) is 0 Å². The van der Waals surface area contributed by atoms with Crippen molar-refractivity contribution in [3.05, 3.63) is 29.3 Å². The van der Waals surface area contributed by atoms with Crippen LogP contribution in [0, 0.1) is 22.7 Å². The molecule has 1 aromatic rings. The lowest BCUT2D eigenvalue weighted by molar-refractivity contribution is -0.149. The van der Waals surface area contributed by atoms with Crippen LogP contribution in [0.15, 0.2) is 28.9 Å². The molecule has 0 radical (unpaired) electrons. The SMILES string of the molecule is CC1(C)[C@@H]2CC[C@]1(C)C(=N/OC(=O)C1CCCCC1)/C2=C/c1ccc2c(c1)OCO2. The summed E-state index contributed by atoms with van der Waals surface area (Å²) in [5, 5.41) is 4.54. The first-order valence-corrected chi connectivity index (χ1v) is 11.3. The Balaban J connectivity index is 1.47. The molecule has 1 heterocycles. The van der Waals surface area contributed by atoms with Crippen LogP contribution >= 0.6 is 0 Å². The summed E-state index contributed by atoms with van der Waals surface area (Å²) in [5.41, 5.74) is 3.19. The number of fused-ring (bicyclic) bond motifs is 3. The van der Waals surface area contributed by atoms with Gasteiger partial charge < -0.3 is 14.3 Å². The molecule has 0 N–H and O–H groups in total. The van der Waals surface area contributed by atoms with Crippen molar-refractivity contribution >= 4 is 17.8 Å². The number of ether oxygens (including phenoxy) is 2. The molecular weight excluding hydrogens is 378 g/mol. The highest BCUT2D eigenvalue weighted by Gasteiger charge is 2.63. The van der Waals surface area contributed by atoms with E-state index in [9.17, 15) is 4.79 Å². The molecule has 30 heavy (non-hydrogen) atoms. The lowest BCUT2D eigenvalue weighted by Crippen LogP contribution is -2.33. The third-order valence-electron chi connectivity index (χ3n) is 8.28. The predicted octanol–water partition coefficient (Wildman–Crippen LogP) is 5.73. The number of oxime groups is 1. The third-order valence-corrected chi connectivity index (χ3v) is 8.28. The molecular formula is C25H31NO4. The van der Waals surface area contributed by atoms with Crippen LogP contribution in [0.4, 0.5) is 0 Å². The molecule has 2 bridgehead atoms. The highest BCUT2D eigenvalue weighted by Crippen LogP contribution is 2.66. The largest absolute Gasteiger partial charge is 0.454 e. The van der Waals surface area contributed by atoms with Gasteiger partial charge in [0.05, 0.1) is 11.6 Å². The van der Waals surface area contributed by atoms with E-state index in [0.717, 1.165) is 61.3 Å². The second kappa shape index (κ2) is 7.14. The van der Waals surface area contributed by atoms with Crippen LogP contribution < -0.4 is 9.47 Å². The molecule has 0 saturated heterocycles. The van der Waals surface area contributed by atoms with Crippen LogP contribution in [0.2, 0.25) is 0 Å². The van der Waals surface area contributed by atoms with Gasteiger partial charge in [-0.1, -0.05) is 51.3 Å². The number of hydrogen-bond donors (Lipinski definition) is 0. The summed E-state index contributed by atoms with van der Waals surface area (Å²) in [6.45, 7) is 7.20. The van der Waals surface area contributed by atoms with Gasteiger partial charge in [0.2, 0.25) is 6.79 Å². The lowest BCUT2D eigenvalue weighted by Gasteiger charge is -2.33. The molecule has 3 saturated carbocycles. The Morgan fingerprint density at radius 3 is 2.67 bits per heavy atom. The summed E-state index contributed by atoms with van der Waals surface area (Å²) in [6.07, 6.45) is 9.69. The molecule has 160 valence electrons. The van der Waals surface area contributed by atoms with Gasteiger partial charge in [-0.05, 0) is 66.4 Å². The van der Waals surface area contributed by atoms with E-state index in [1.807, 2.05) is 18.2 Å². The van der Waals surface area contributed by atoms with Crippen molar-refractivity contribution in [2.24, 2.45) is 27.8 Å². The minimum absolute atomic E-state index is 0.00351. The Bertz CT molecular complexity index is 925. The number of carbonyl (C=O) groups is 1. The van der Waals surface area contributed by atoms with Gasteiger partial charge in [0, 0.05) is 5.41 Å². The number of benzene rings is 1. The normalized spacial score (nSPS) is 32.2. The van der Waals surface area contributed by atoms with Crippen LogP contribution in [-0.4, -0.2) is 18.5 Å². The number of hydrogen-bond acceptors (Lipinski definition) is 5. The molecule has 5 heteroatoms. The van der Waals surface area contributed by atoms with Gasteiger partial charge in [0.1, 0.15) is 0 Å². The minimum atomic E-state index is -0.159. The number of carbonyl (C=O) groups excluding carboxylic acids is 1. The quantitative estimate of drug-likeness (QED) is 0.472. The van der Waals surface area contributed by atoms with Crippen molar-refractivity contribution < 1.29 is 19.1 Å². The van der Waals surface area contributed by atoms with E-state index in [1.54, 1.807) is 0 Å². The van der Waals surface area contributed by atoms with Gasteiger partial charge in [0.25, 0.3) is 0 Å². The molecule has 5 rings (SSSR count). The van der Waals surface area contributed by atoms with E-state index in [4.69, 9.17) is 14.3 Å². The number of rotatable bonds is 3. The molecule has 4 aliphatic rings. The van der Waals surface area contributed by atoms with E-state index in [-0.39, 0.29) is 29.5 Å². The maximum atomic E-state index is 12.6. The van der Waals surface area contributed by atoms with E-state index in [0.29, 0.717) is 5.92 Å². The van der Waals surface area contributed by atoms with Crippen LogP contribution in [0.25, 0.3) is 6.08 Å². The molecule has 1 aromatic carbocycles. The molecule has 2 atom stereocenters. The lowest BCUT2D eigenvalue weighted by atomic mass is 9.70. The summed E-state index contributed by atoms with van der Waals surface area (Å²) in [6, 6.07) is 6.02. The van der Waals surface area contributed by atoms with Crippen molar-refractivity contribution in [3.8, 4) is 11.5 Å². The van der Waals surface area contributed by atoms with Crippen LogP contribution in [0.1, 0.15) is 71.3 Å². The van der Waals surface area contributed by atoms with Crippen molar-refractivity contribution in [2.45, 2.75) is 65.7 Å². The zero-order valence-corrected chi connectivity index (χ0v) is 18.2. The first kappa shape index (κ1) is 19.7. The second-order valence-electron chi connectivity index (χ2n) is 10.0. The Morgan fingerprint density at radius 2 is 1.87 bits per heavy atom. The number of allylic oxidation sites excluding steroid dienone is 1. The Hall–Kier alpha value is -2.30. The van der Waals surface area contributed by atoms with Gasteiger partial charge in [-0.25, -0.2) is 4.79 Å². The fraction of sp³-hybridized carbons (Fsp3) is 0.600. The highest BCUT2D eigenvalue weighted by atomic mass is 16.7. The summed E-state index contributed by atoms with van der Waals surface area (Å²) >= 11 is 0. The molecule has 3 fully saturated rings. The highest BCUT2D eigenvalue weighted by molar-refractivity contribution is 6.11. The smallest absolute Gasteiger partial charge is 0.338 e. The molecule has 1 aliphatic heterocycles. The molecule has 0 amide bonds. The van der Waals surface area contributed by atoms with E-state index in [2.05, 4.69) is 32.0 Å². The standard InChI is InChI=1S/C25H31NO4/c1-24(2)19-11-12-25(24,3)22(26-30-23(27)17-7-5-4-6-8-17)18(19)13-16-9-10-20-21(14-16)29-15-28-20/h9-10,13-14,17,19H,4-8,11-12,15H2,1-3H3/b18-13+,26-22+/t19-,25-/m1/s1. The maximum Gasteiger partial charge on any atom is 0.338 e. The number of nitrogens with zero attached hydrogens (tertiary/aromatic N) is 1. The zero-order chi connectivity index (χ0) is 20.9. The summed E-state index contributed by atoms with van der Waals surface area (Å²) < 4.78 is 11.0. The summed E-state index contributed by atoms with van der Waals surface area (Å²) in [5.74, 6) is 1.81. The first-order chi connectivity index (χ1) is 14.4. The van der Waals surface area contributed by atoms with E-state index in [1.165, 1.54) is 12.0 Å². The Morgan fingerprint density at radius 1 is 1.10 bits per heavy atom. The molecule has 0 unspecified atom stereocenters. The monoisotopic (exact) mass is 409 g/mol. The van der Waals surface area contributed by atoms with Gasteiger partial charge in [0.15, 0.2) is 11.5 Å². The fourth-order valence-corrected chi connectivity index (χ4v) is 5.96. The first-order valence-electron chi connectivity index (χ1n) is 11.3. The van der Waals surface area contributed by atoms with Gasteiger partial charge in [-0.15, -0.1) is 0 Å². The van der Waals surface area contributed by atoms with Gasteiger partial charge in [-0.3, -0.25) is 0 Å². The van der Waals surface area contributed by atoms with Crippen LogP contribution in [-0.2, 0) is 9.63 Å². The van der Waals surface area contributed by atoms with Gasteiger partial charge in [-0.2, -0.15) is 0 Å². The predicted molar refractivity (Wildman–Crippen MR) is 115 cm³/mol. The third kappa shape index (κ3) is 2.97. The van der Waals surface area contributed by atoms with Crippen LogP contribution in [0.5, 0.6) is 11.5 Å². The fourth-order valence-electron chi connectivity index (χ4n) is 5.96. The van der Waals surface area contributed by atoms with Gasteiger partial charge >= 0.3 is 5.97 Å². The second-order valence-corrected chi connectivity index (χ2v) is 10.0. The summed E-state index contributed by atoms with van der Waals surface area (Å²) in [4.78, 5) is 18.2. The molecule has 0 aromatic heterocycles.